The van der Waals surface area contributed by atoms with Gasteiger partial charge in [-0.25, -0.2) is 9.50 Å². The summed E-state index contributed by atoms with van der Waals surface area (Å²) in [5.41, 5.74) is 4.41. The zero-order valence-electron chi connectivity index (χ0n) is 14.3. The quantitative estimate of drug-likeness (QED) is 0.796. The Balaban J connectivity index is 1.50. The SMILES string of the molecule is Cc1cnc2cc(C(=O)NCc3ccccc3N3CCCC3)nn2c1. The molecule has 4 rings (SSSR count). The fourth-order valence-electron chi connectivity index (χ4n) is 3.27. The van der Waals surface area contributed by atoms with E-state index in [0.29, 0.717) is 17.9 Å². The van der Waals surface area contributed by atoms with E-state index < -0.39 is 0 Å². The summed E-state index contributed by atoms with van der Waals surface area (Å²) in [7, 11) is 0. The standard InChI is InChI=1S/C19H21N5O/c1-14-11-20-18-10-16(22-24(18)13-14)19(25)21-12-15-6-2-3-7-17(15)23-8-4-5-9-23/h2-3,6-7,10-11,13H,4-5,8-9,12H2,1H3,(H,21,25). The minimum absolute atomic E-state index is 0.181. The van der Waals surface area contributed by atoms with Crippen LogP contribution >= 0.6 is 0 Å². The molecule has 0 bridgehead atoms. The van der Waals surface area contributed by atoms with Crippen LogP contribution < -0.4 is 10.2 Å². The lowest BCUT2D eigenvalue weighted by atomic mass is 10.1. The molecular formula is C19H21N5O. The lowest BCUT2D eigenvalue weighted by Crippen LogP contribution is -2.26. The van der Waals surface area contributed by atoms with Crippen LogP contribution in [0.5, 0.6) is 0 Å². The van der Waals surface area contributed by atoms with Crippen LogP contribution in [0.1, 0.15) is 34.5 Å². The maximum atomic E-state index is 12.5. The van der Waals surface area contributed by atoms with Crippen molar-refractivity contribution >= 4 is 17.2 Å². The Bertz CT molecular complexity index is 911. The van der Waals surface area contributed by atoms with Crippen molar-refractivity contribution in [2.45, 2.75) is 26.3 Å². The number of anilines is 1. The summed E-state index contributed by atoms with van der Waals surface area (Å²) in [5, 5.41) is 7.30. The fraction of sp³-hybridized carbons (Fsp3) is 0.316. The van der Waals surface area contributed by atoms with E-state index in [0.717, 1.165) is 24.2 Å². The van der Waals surface area contributed by atoms with Crippen LogP contribution in [0.25, 0.3) is 5.65 Å². The van der Waals surface area contributed by atoms with Gasteiger partial charge in [-0.15, -0.1) is 0 Å². The van der Waals surface area contributed by atoms with Gasteiger partial charge in [-0.05, 0) is 37.0 Å². The number of benzene rings is 1. The maximum Gasteiger partial charge on any atom is 0.272 e. The molecule has 0 radical (unpaired) electrons. The molecule has 3 heterocycles. The molecule has 25 heavy (non-hydrogen) atoms. The number of nitrogens with zero attached hydrogens (tertiary/aromatic N) is 4. The Morgan fingerprint density at radius 1 is 1.24 bits per heavy atom. The zero-order valence-corrected chi connectivity index (χ0v) is 14.3. The first-order chi connectivity index (χ1) is 12.2. The first-order valence-electron chi connectivity index (χ1n) is 8.64. The molecule has 1 amide bonds. The van der Waals surface area contributed by atoms with Gasteiger partial charge < -0.3 is 10.2 Å². The lowest BCUT2D eigenvalue weighted by molar-refractivity contribution is 0.0945. The van der Waals surface area contributed by atoms with Crippen molar-refractivity contribution in [2.24, 2.45) is 0 Å². The highest BCUT2D eigenvalue weighted by Crippen LogP contribution is 2.24. The minimum Gasteiger partial charge on any atom is -0.371 e. The number of amides is 1. The van der Waals surface area contributed by atoms with Crippen molar-refractivity contribution in [2.75, 3.05) is 18.0 Å². The normalized spacial score (nSPS) is 14.2. The van der Waals surface area contributed by atoms with E-state index in [1.165, 1.54) is 18.5 Å². The van der Waals surface area contributed by atoms with Crippen LogP contribution in [0.4, 0.5) is 5.69 Å². The van der Waals surface area contributed by atoms with Gasteiger partial charge in [-0.1, -0.05) is 18.2 Å². The van der Waals surface area contributed by atoms with E-state index in [4.69, 9.17) is 0 Å². The number of nitrogens with one attached hydrogen (secondary N) is 1. The van der Waals surface area contributed by atoms with Gasteiger partial charge in [0.25, 0.3) is 5.91 Å². The third-order valence-electron chi connectivity index (χ3n) is 4.55. The van der Waals surface area contributed by atoms with Crippen molar-refractivity contribution in [1.82, 2.24) is 19.9 Å². The average Bonchev–Trinajstić information content (AvgIpc) is 3.29. The van der Waals surface area contributed by atoms with Crippen LogP contribution in [-0.2, 0) is 6.54 Å². The maximum absolute atomic E-state index is 12.5. The van der Waals surface area contributed by atoms with Gasteiger partial charge in [-0.2, -0.15) is 5.10 Å². The smallest absolute Gasteiger partial charge is 0.272 e. The van der Waals surface area contributed by atoms with Crippen LogP contribution in [0.15, 0.2) is 42.7 Å². The number of hydrogen-bond donors (Lipinski definition) is 1. The van der Waals surface area contributed by atoms with Gasteiger partial charge in [0, 0.05) is 43.8 Å². The van der Waals surface area contributed by atoms with Gasteiger partial charge in [0.1, 0.15) is 0 Å². The predicted octanol–water partition coefficient (Wildman–Crippen LogP) is 2.57. The molecule has 128 valence electrons. The van der Waals surface area contributed by atoms with Crippen molar-refractivity contribution in [3.05, 3.63) is 59.5 Å². The Morgan fingerprint density at radius 2 is 2.04 bits per heavy atom. The number of aromatic nitrogens is 3. The summed E-state index contributed by atoms with van der Waals surface area (Å²) >= 11 is 0. The molecule has 1 N–H and O–H groups in total. The van der Waals surface area contributed by atoms with E-state index in [-0.39, 0.29) is 5.91 Å². The second-order valence-electron chi connectivity index (χ2n) is 6.47. The summed E-state index contributed by atoms with van der Waals surface area (Å²) in [6.45, 7) is 4.61. The van der Waals surface area contributed by atoms with Crippen LogP contribution in [0.3, 0.4) is 0 Å². The van der Waals surface area contributed by atoms with Crippen molar-refractivity contribution < 1.29 is 4.79 Å². The average molecular weight is 335 g/mol. The van der Waals surface area contributed by atoms with E-state index in [2.05, 4.69) is 38.5 Å². The summed E-state index contributed by atoms with van der Waals surface area (Å²) in [5.74, 6) is -0.181. The van der Waals surface area contributed by atoms with Gasteiger partial charge in [0.05, 0.1) is 0 Å². The molecule has 0 atom stereocenters. The van der Waals surface area contributed by atoms with E-state index >= 15 is 0 Å². The Labute approximate surface area is 146 Å². The highest BCUT2D eigenvalue weighted by molar-refractivity contribution is 5.93. The number of carbonyl (C=O) groups excluding carboxylic acids is 1. The van der Waals surface area contributed by atoms with Crippen molar-refractivity contribution in [1.29, 1.82) is 0 Å². The molecular weight excluding hydrogens is 314 g/mol. The molecule has 0 spiro atoms. The zero-order chi connectivity index (χ0) is 17.2. The molecule has 3 aromatic rings. The van der Waals surface area contributed by atoms with E-state index in [1.54, 1.807) is 16.8 Å². The largest absolute Gasteiger partial charge is 0.371 e. The molecule has 1 aliphatic heterocycles. The number of rotatable bonds is 4. The van der Waals surface area contributed by atoms with Gasteiger partial charge >= 0.3 is 0 Å². The van der Waals surface area contributed by atoms with Gasteiger partial charge in [0.2, 0.25) is 0 Å². The number of hydrogen-bond acceptors (Lipinski definition) is 4. The Morgan fingerprint density at radius 3 is 2.88 bits per heavy atom. The van der Waals surface area contributed by atoms with Gasteiger partial charge in [-0.3, -0.25) is 4.79 Å². The van der Waals surface area contributed by atoms with Crippen LogP contribution in [-0.4, -0.2) is 33.6 Å². The molecule has 1 aliphatic rings. The highest BCUT2D eigenvalue weighted by Gasteiger charge is 2.16. The Hall–Kier alpha value is -2.89. The Kier molecular flexibility index (Phi) is 4.09. The first kappa shape index (κ1) is 15.6. The fourth-order valence-corrected chi connectivity index (χ4v) is 3.27. The van der Waals surface area contributed by atoms with E-state index in [9.17, 15) is 4.79 Å². The molecule has 6 nitrogen and oxygen atoms in total. The second-order valence-corrected chi connectivity index (χ2v) is 6.47. The summed E-state index contributed by atoms with van der Waals surface area (Å²) in [4.78, 5) is 19.1. The molecule has 1 fully saturated rings. The first-order valence-corrected chi connectivity index (χ1v) is 8.64. The third-order valence-corrected chi connectivity index (χ3v) is 4.55. The number of fused-ring (bicyclic) bond motifs is 1. The summed E-state index contributed by atoms with van der Waals surface area (Å²) in [6, 6.07) is 9.97. The molecule has 1 aromatic carbocycles. The second kappa shape index (κ2) is 6.55. The lowest BCUT2D eigenvalue weighted by Gasteiger charge is -2.21. The number of carbonyl (C=O) groups is 1. The van der Waals surface area contributed by atoms with E-state index in [1.807, 2.05) is 19.2 Å². The molecule has 0 aliphatic carbocycles. The van der Waals surface area contributed by atoms with Gasteiger partial charge in [0.15, 0.2) is 11.3 Å². The topological polar surface area (TPSA) is 62.5 Å². The number of para-hydroxylation sites is 1. The monoisotopic (exact) mass is 335 g/mol. The van der Waals surface area contributed by atoms with Crippen molar-refractivity contribution in [3.63, 3.8) is 0 Å². The molecule has 0 saturated carbocycles. The highest BCUT2D eigenvalue weighted by atomic mass is 16.1. The summed E-state index contributed by atoms with van der Waals surface area (Å²) in [6.07, 6.45) is 6.09. The molecule has 1 saturated heterocycles. The minimum atomic E-state index is -0.181. The van der Waals surface area contributed by atoms with Crippen LogP contribution in [0, 0.1) is 6.92 Å². The predicted molar refractivity (Wildman–Crippen MR) is 96.8 cm³/mol. The molecule has 6 heteroatoms. The van der Waals surface area contributed by atoms with Crippen molar-refractivity contribution in [3.8, 4) is 0 Å². The third kappa shape index (κ3) is 3.20. The number of aryl methyl sites for hydroxylation is 1. The van der Waals surface area contributed by atoms with Crippen LogP contribution in [0.2, 0.25) is 0 Å². The molecule has 2 aromatic heterocycles. The molecule has 0 unspecified atom stereocenters. The summed E-state index contributed by atoms with van der Waals surface area (Å²) < 4.78 is 1.64.